The monoisotopic (exact) mass is 355 g/mol. The van der Waals surface area contributed by atoms with Crippen LogP contribution >= 0.6 is 11.6 Å². The summed E-state index contributed by atoms with van der Waals surface area (Å²) in [6, 6.07) is 14.6. The highest BCUT2D eigenvalue weighted by Crippen LogP contribution is 2.19. The lowest BCUT2D eigenvalue weighted by Crippen LogP contribution is -2.24. The molecule has 2 rings (SSSR count). The first-order valence-electron chi connectivity index (χ1n) is 7.57. The second-order valence-corrected chi connectivity index (χ2v) is 5.74. The van der Waals surface area contributed by atoms with E-state index < -0.39 is 5.91 Å². The number of nitrogens with zero attached hydrogens (tertiary/aromatic N) is 1. The lowest BCUT2D eigenvalue weighted by atomic mass is 10.2. The minimum Gasteiger partial charge on any atom is -0.497 e. The average Bonchev–Trinajstić information content (AvgIpc) is 2.62. The fourth-order valence-electron chi connectivity index (χ4n) is 2.11. The molecular weight excluding hydrogens is 338 g/mol. The largest absolute Gasteiger partial charge is 0.497 e. The number of carbonyl (C=O) groups excluding carboxylic acids is 1. The molecule has 0 saturated heterocycles. The third-order valence-corrected chi connectivity index (χ3v) is 3.77. The lowest BCUT2D eigenvalue weighted by molar-refractivity contribution is -0.117. The highest BCUT2D eigenvalue weighted by molar-refractivity contribution is 6.30. The SMILES string of the molecule is COc1ccc(CNC(=O)/C(C#N)=C\Nc2ccc(Cl)cc2C)cc1. The average molecular weight is 356 g/mol. The van der Waals surface area contributed by atoms with Crippen molar-refractivity contribution in [2.24, 2.45) is 0 Å². The zero-order valence-electron chi connectivity index (χ0n) is 14.0. The Morgan fingerprint density at radius 1 is 1.28 bits per heavy atom. The second-order valence-electron chi connectivity index (χ2n) is 5.30. The van der Waals surface area contributed by atoms with Gasteiger partial charge in [-0.05, 0) is 48.4 Å². The summed E-state index contributed by atoms with van der Waals surface area (Å²) in [5, 5.41) is 15.5. The summed E-state index contributed by atoms with van der Waals surface area (Å²) < 4.78 is 5.09. The third-order valence-electron chi connectivity index (χ3n) is 3.54. The zero-order chi connectivity index (χ0) is 18.2. The topological polar surface area (TPSA) is 74.1 Å². The van der Waals surface area contributed by atoms with E-state index in [9.17, 15) is 10.1 Å². The van der Waals surface area contributed by atoms with Gasteiger partial charge in [0.25, 0.3) is 5.91 Å². The van der Waals surface area contributed by atoms with Crippen LogP contribution in [0.4, 0.5) is 5.69 Å². The molecule has 0 unspecified atom stereocenters. The van der Waals surface area contributed by atoms with Gasteiger partial charge < -0.3 is 15.4 Å². The first-order chi connectivity index (χ1) is 12.0. The highest BCUT2D eigenvalue weighted by atomic mass is 35.5. The Morgan fingerprint density at radius 3 is 2.60 bits per heavy atom. The van der Waals surface area contributed by atoms with Crippen LogP contribution in [0.2, 0.25) is 5.02 Å². The normalized spacial score (nSPS) is 10.7. The van der Waals surface area contributed by atoms with E-state index in [2.05, 4.69) is 10.6 Å². The number of ether oxygens (including phenoxy) is 1. The van der Waals surface area contributed by atoms with Gasteiger partial charge in [-0.2, -0.15) is 5.26 Å². The number of hydrogen-bond acceptors (Lipinski definition) is 4. The Labute approximate surface area is 151 Å². The van der Waals surface area contributed by atoms with E-state index in [1.54, 1.807) is 25.3 Å². The predicted octanol–water partition coefficient (Wildman–Crippen LogP) is 3.79. The standard InChI is InChI=1S/C19H18ClN3O2/c1-13-9-16(20)5-8-18(13)22-12-15(10-21)19(24)23-11-14-3-6-17(25-2)7-4-14/h3-9,12,22H,11H2,1-2H3,(H,23,24)/b15-12-. The molecule has 2 aromatic carbocycles. The Kier molecular flexibility index (Phi) is 6.44. The number of nitrogens with one attached hydrogen (secondary N) is 2. The number of amides is 1. The van der Waals surface area contributed by atoms with Crippen molar-refractivity contribution in [2.45, 2.75) is 13.5 Å². The molecule has 128 valence electrons. The van der Waals surface area contributed by atoms with Crippen LogP contribution in [0, 0.1) is 18.3 Å². The molecule has 0 spiro atoms. The molecule has 0 radical (unpaired) electrons. The number of nitriles is 1. The second kappa shape index (κ2) is 8.76. The molecule has 0 aliphatic rings. The van der Waals surface area contributed by atoms with Gasteiger partial charge in [-0.15, -0.1) is 0 Å². The van der Waals surface area contributed by atoms with Gasteiger partial charge in [0.1, 0.15) is 17.4 Å². The number of halogens is 1. The minimum absolute atomic E-state index is 0.0112. The fraction of sp³-hybridized carbons (Fsp3) is 0.158. The van der Waals surface area contributed by atoms with Gasteiger partial charge in [0.2, 0.25) is 0 Å². The quantitative estimate of drug-likeness (QED) is 0.610. The van der Waals surface area contributed by atoms with E-state index in [1.807, 2.05) is 37.3 Å². The summed E-state index contributed by atoms with van der Waals surface area (Å²) in [7, 11) is 1.59. The Hall–Kier alpha value is -2.97. The van der Waals surface area contributed by atoms with Gasteiger partial charge in [0.15, 0.2) is 0 Å². The van der Waals surface area contributed by atoms with Gasteiger partial charge in [-0.1, -0.05) is 23.7 Å². The molecule has 0 aliphatic carbocycles. The summed E-state index contributed by atoms with van der Waals surface area (Å²) in [6.45, 7) is 2.21. The smallest absolute Gasteiger partial charge is 0.263 e. The number of carbonyl (C=O) groups is 1. The summed E-state index contributed by atoms with van der Waals surface area (Å²) in [5.41, 5.74) is 2.59. The fourth-order valence-corrected chi connectivity index (χ4v) is 2.34. The number of methoxy groups -OCH3 is 1. The van der Waals surface area contributed by atoms with E-state index in [-0.39, 0.29) is 5.57 Å². The Morgan fingerprint density at radius 2 is 2.00 bits per heavy atom. The number of rotatable bonds is 6. The number of aryl methyl sites for hydroxylation is 1. The van der Waals surface area contributed by atoms with E-state index >= 15 is 0 Å². The maximum atomic E-state index is 12.1. The molecule has 6 heteroatoms. The van der Waals surface area contributed by atoms with Crippen molar-refractivity contribution in [2.75, 3.05) is 12.4 Å². The molecule has 0 aliphatic heterocycles. The molecule has 5 nitrogen and oxygen atoms in total. The van der Waals surface area contributed by atoms with E-state index in [1.165, 1.54) is 6.20 Å². The van der Waals surface area contributed by atoms with Gasteiger partial charge in [0, 0.05) is 23.5 Å². The van der Waals surface area contributed by atoms with Crippen LogP contribution in [-0.2, 0) is 11.3 Å². The zero-order valence-corrected chi connectivity index (χ0v) is 14.7. The molecule has 0 fully saturated rings. The van der Waals surface area contributed by atoms with Gasteiger partial charge >= 0.3 is 0 Å². The summed E-state index contributed by atoms with van der Waals surface area (Å²) in [6.07, 6.45) is 1.39. The molecule has 0 saturated carbocycles. The van der Waals surface area contributed by atoms with Gasteiger partial charge in [-0.25, -0.2) is 0 Å². The van der Waals surface area contributed by atoms with Crippen LogP contribution < -0.4 is 15.4 Å². The first-order valence-corrected chi connectivity index (χ1v) is 7.95. The van der Waals surface area contributed by atoms with E-state index in [4.69, 9.17) is 16.3 Å². The molecule has 0 heterocycles. The van der Waals surface area contributed by atoms with Crippen LogP contribution in [-0.4, -0.2) is 13.0 Å². The van der Waals surface area contributed by atoms with Crippen molar-refractivity contribution < 1.29 is 9.53 Å². The Bertz CT molecular complexity index is 824. The van der Waals surface area contributed by atoms with Gasteiger partial charge in [-0.3, -0.25) is 4.79 Å². The molecule has 25 heavy (non-hydrogen) atoms. The van der Waals surface area contributed by atoms with E-state index in [0.29, 0.717) is 11.6 Å². The van der Waals surface area contributed by atoms with Crippen LogP contribution in [0.5, 0.6) is 5.75 Å². The summed E-state index contributed by atoms with van der Waals surface area (Å²) in [4.78, 5) is 12.1. The number of anilines is 1. The van der Waals surface area contributed by atoms with E-state index in [0.717, 1.165) is 22.6 Å². The maximum absolute atomic E-state index is 12.1. The number of benzene rings is 2. The predicted molar refractivity (Wildman–Crippen MR) is 98.3 cm³/mol. The van der Waals surface area contributed by atoms with Crippen molar-refractivity contribution in [3.05, 3.63) is 70.4 Å². The van der Waals surface area contributed by atoms with Crippen molar-refractivity contribution in [1.29, 1.82) is 5.26 Å². The molecule has 2 aromatic rings. The maximum Gasteiger partial charge on any atom is 0.263 e. The molecule has 1 amide bonds. The van der Waals surface area contributed by atoms with Crippen LogP contribution in [0.25, 0.3) is 0 Å². The first kappa shape index (κ1) is 18.4. The third kappa shape index (κ3) is 5.27. The Balaban J connectivity index is 1.98. The van der Waals surface area contributed by atoms with Crippen molar-refractivity contribution >= 4 is 23.2 Å². The van der Waals surface area contributed by atoms with Gasteiger partial charge in [0.05, 0.1) is 7.11 Å². The van der Waals surface area contributed by atoms with Crippen LogP contribution in [0.15, 0.2) is 54.2 Å². The molecule has 0 bridgehead atoms. The summed E-state index contributed by atoms with van der Waals surface area (Å²) >= 11 is 5.91. The lowest BCUT2D eigenvalue weighted by Gasteiger charge is -2.08. The summed E-state index contributed by atoms with van der Waals surface area (Å²) in [5.74, 6) is 0.299. The number of hydrogen-bond donors (Lipinski definition) is 2. The van der Waals surface area contributed by atoms with Crippen LogP contribution in [0.3, 0.4) is 0 Å². The molecule has 0 aromatic heterocycles. The van der Waals surface area contributed by atoms with Crippen molar-refractivity contribution in [3.63, 3.8) is 0 Å². The molecular formula is C19H18ClN3O2. The minimum atomic E-state index is -0.447. The van der Waals surface area contributed by atoms with Crippen molar-refractivity contribution in [1.82, 2.24) is 5.32 Å². The highest BCUT2D eigenvalue weighted by Gasteiger charge is 2.09. The molecule has 0 atom stereocenters. The van der Waals surface area contributed by atoms with Crippen LogP contribution in [0.1, 0.15) is 11.1 Å². The van der Waals surface area contributed by atoms with Crippen molar-refractivity contribution in [3.8, 4) is 11.8 Å². The molecule has 2 N–H and O–H groups in total.